The molecule has 0 fully saturated rings. The molecule has 66 heavy (non-hydrogen) atoms. The molecule has 1 aromatic heterocycles. The molecule has 0 bridgehead atoms. The van der Waals surface area contributed by atoms with Crippen molar-refractivity contribution >= 4 is 47.4 Å². The summed E-state index contributed by atoms with van der Waals surface area (Å²) in [5, 5.41) is 36.3. The van der Waals surface area contributed by atoms with Crippen molar-refractivity contribution in [3.63, 3.8) is 0 Å². The minimum absolute atomic E-state index is 0.0514. The SMILES string of the molecule is CC[C@H](C)[C@H](NC(=O)[C@@H](NC(=O)CCCOc1cccc(OCCCC(=O)N[C@H](C(=O)N[C@H](C(=O)N[C@H](C(=O)OC)C(C)C)[C@@H](C)CC)[C@@H](C)O)n1)[C@@H](C)O)C(=O)N[C@H](C(=O)OC)C(C)C. The molecule has 0 aliphatic carbocycles. The van der Waals surface area contributed by atoms with Gasteiger partial charge in [-0.3, -0.25) is 28.8 Å². The molecule has 374 valence electrons. The molecule has 6 amide bonds. The maximum atomic E-state index is 13.3. The van der Waals surface area contributed by atoms with E-state index >= 15 is 0 Å². The fourth-order valence-corrected chi connectivity index (χ4v) is 6.30. The van der Waals surface area contributed by atoms with E-state index in [1.54, 1.807) is 59.7 Å². The van der Waals surface area contributed by atoms with Crippen LogP contribution in [0, 0.1) is 23.7 Å². The number of methoxy groups -OCH3 is 2. The number of hydrogen-bond acceptors (Lipinski definition) is 15. The Hall–Kier alpha value is -5.57. The van der Waals surface area contributed by atoms with Crippen LogP contribution in [-0.2, 0) is 47.8 Å². The first-order valence-electron chi connectivity index (χ1n) is 22.6. The first-order valence-corrected chi connectivity index (χ1v) is 22.6. The van der Waals surface area contributed by atoms with Crippen LogP contribution in [-0.4, -0.2) is 138 Å². The summed E-state index contributed by atoms with van der Waals surface area (Å²) in [7, 11) is 2.42. The van der Waals surface area contributed by atoms with Crippen molar-refractivity contribution in [3.8, 4) is 11.8 Å². The highest BCUT2D eigenvalue weighted by Crippen LogP contribution is 2.16. The van der Waals surface area contributed by atoms with Crippen LogP contribution >= 0.6 is 0 Å². The Morgan fingerprint density at radius 1 is 0.515 bits per heavy atom. The van der Waals surface area contributed by atoms with Crippen LogP contribution in [0.25, 0.3) is 0 Å². The number of aliphatic hydroxyl groups excluding tert-OH is 2. The molecule has 1 heterocycles. The first kappa shape index (κ1) is 58.4. The summed E-state index contributed by atoms with van der Waals surface area (Å²) in [6, 6.07) is -2.02. The molecule has 8 N–H and O–H groups in total. The lowest BCUT2D eigenvalue weighted by Crippen LogP contribution is -2.60. The molecule has 0 radical (unpaired) electrons. The van der Waals surface area contributed by atoms with Gasteiger partial charge in [-0.2, -0.15) is 4.98 Å². The minimum Gasteiger partial charge on any atom is -0.478 e. The Morgan fingerprint density at radius 2 is 0.833 bits per heavy atom. The number of carbonyl (C=O) groups is 8. The highest BCUT2D eigenvalue weighted by molar-refractivity contribution is 5.95. The second-order valence-corrected chi connectivity index (χ2v) is 17.0. The molecule has 0 aromatic carbocycles. The fraction of sp³-hybridized carbons (Fsp3) is 0.711. The Kier molecular flexibility index (Phi) is 26.4. The molecule has 1 rings (SSSR count). The maximum absolute atomic E-state index is 13.3. The molecule has 1 aromatic rings. The lowest BCUT2D eigenvalue weighted by atomic mass is 9.96. The third-order valence-electron chi connectivity index (χ3n) is 10.9. The Labute approximate surface area is 388 Å². The van der Waals surface area contributed by atoms with Gasteiger partial charge in [0.05, 0.1) is 39.6 Å². The van der Waals surface area contributed by atoms with E-state index in [4.69, 9.17) is 18.9 Å². The normalized spacial score (nSPS) is 15.8. The molecule has 21 nitrogen and oxygen atoms in total. The number of aliphatic hydroxyl groups is 2. The van der Waals surface area contributed by atoms with Gasteiger partial charge in [0.25, 0.3) is 0 Å². The molecule has 10 atom stereocenters. The Bertz CT molecular complexity index is 1620. The highest BCUT2D eigenvalue weighted by Gasteiger charge is 2.36. The number of carbonyl (C=O) groups excluding carboxylic acids is 8. The second-order valence-electron chi connectivity index (χ2n) is 17.0. The average molecular weight is 938 g/mol. The molecule has 21 heteroatoms. The zero-order valence-corrected chi connectivity index (χ0v) is 40.6. The number of nitrogens with one attached hydrogen (secondary N) is 6. The van der Waals surface area contributed by atoms with Crippen molar-refractivity contribution in [2.24, 2.45) is 23.7 Å². The number of aromatic nitrogens is 1. The van der Waals surface area contributed by atoms with Gasteiger partial charge in [-0.1, -0.05) is 74.3 Å². The van der Waals surface area contributed by atoms with Crippen LogP contribution in [0.5, 0.6) is 11.8 Å². The zero-order chi connectivity index (χ0) is 50.3. The van der Waals surface area contributed by atoms with Gasteiger partial charge < -0.3 is 61.1 Å². The van der Waals surface area contributed by atoms with Crippen LogP contribution in [0.4, 0.5) is 0 Å². The van der Waals surface area contributed by atoms with Crippen molar-refractivity contribution in [3.05, 3.63) is 18.2 Å². The van der Waals surface area contributed by atoms with Crippen molar-refractivity contribution in [1.29, 1.82) is 0 Å². The van der Waals surface area contributed by atoms with E-state index in [1.807, 2.05) is 13.8 Å². The molecule has 0 saturated heterocycles. The molecule has 0 aliphatic rings. The molecule has 0 unspecified atom stereocenters. The van der Waals surface area contributed by atoms with E-state index in [0.29, 0.717) is 12.8 Å². The van der Waals surface area contributed by atoms with Gasteiger partial charge >= 0.3 is 11.9 Å². The fourth-order valence-electron chi connectivity index (χ4n) is 6.30. The number of pyridine rings is 1. The summed E-state index contributed by atoms with van der Waals surface area (Å²) in [5.74, 6) is -6.09. The summed E-state index contributed by atoms with van der Waals surface area (Å²) in [4.78, 5) is 108. The monoisotopic (exact) mass is 938 g/mol. The van der Waals surface area contributed by atoms with E-state index in [1.165, 1.54) is 28.1 Å². The van der Waals surface area contributed by atoms with E-state index in [2.05, 4.69) is 36.9 Å². The number of esters is 2. The summed E-state index contributed by atoms with van der Waals surface area (Å²) < 4.78 is 21.0. The first-order chi connectivity index (χ1) is 31.0. The number of amides is 6. The zero-order valence-electron chi connectivity index (χ0n) is 40.6. The Morgan fingerprint density at radius 3 is 1.12 bits per heavy atom. The minimum atomic E-state index is -1.38. The third-order valence-corrected chi connectivity index (χ3v) is 10.9. The van der Waals surface area contributed by atoms with Gasteiger partial charge in [0.15, 0.2) is 0 Å². The summed E-state index contributed by atoms with van der Waals surface area (Å²) >= 11 is 0. The van der Waals surface area contributed by atoms with Crippen molar-refractivity contribution in [2.45, 2.75) is 156 Å². The molecule has 0 aliphatic heterocycles. The van der Waals surface area contributed by atoms with Crippen molar-refractivity contribution in [2.75, 3.05) is 27.4 Å². The summed E-state index contributed by atoms with van der Waals surface area (Å²) in [6.07, 6.45) is -1.39. The molecular formula is C45H75N7O14. The largest absolute Gasteiger partial charge is 0.478 e. The van der Waals surface area contributed by atoms with Gasteiger partial charge in [-0.25, -0.2) is 9.59 Å². The van der Waals surface area contributed by atoms with Crippen LogP contribution in [0.15, 0.2) is 18.2 Å². The summed E-state index contributed by atoms with van der Waals surface area (Å²) in [6.45, 7) is 16.9. The van der Waals surface area contributed by atoms with Crippen LogP contribution in [0.1, 0.15) is 108 Å². The predicted octanol–water partition coefficient (Wildman–Crippen LogP) is 0.820. The van der Waals surface area contributed by atoms with Gasteiger partial charge in [0, 0.05) is 25.0 Å². The van der Waals surface area contributed by atoms with Gasteiger partial charge in [-0.15, -0.1) is 0 Å². The average Bonchev–Trinajstić information content (AvgIpc) is 3.27. The standard InChI is InChI=1S/C45H75N7O14/c1-13-26(7)36(40(57)49-34(24(3)4)44(61)63-11)51-42(59)38(28(9)53)46-30(55)18-16-22-65-32-20-15-21-33(48-32)66-23-17-19-31(56)47-39(29(10)54)43(60)52-37(27(8)14-2)41(58)50-35(25(5)6)45(62)64-12/h15,20-21,24-29,34-39,53-54H,13-14,16-19,22-23H2,1-12H3,(H,46,55)(H,47,56)(H,49,57)(H,50,58)(H,51,59)(H,52,60)/t26-,27-,28+,29+,34-,35-,36-,37-,38-,39-/m0/s1. The quantitative estimate of drug-likeness (QED) is 0.0391. The smallest absolute Gasteiger partial charge is 0.328 e. The van der Waals surface area contributed by atoms with Crippen molar-refractivity contribution in [1.82, 2.24) is 36.9 Å². The van der Waals surface area contributed by atoms with E-state index < -0.39 is 95.8 Å². The number of rotatable bonds is 30. The van der Waals surface area contributed by atoms with Gasteiger partial charge in [-0.05, 0) is 50.4 Å². The van der Waals surface area contributed by atoms with Crippen LogP contribution in [0.3, 0.4) is 0 Å². The van der Waals surface area contributed by atoms with Crippen molar-refractivity contribution < 1.29 is 67.5 Å². The number of ether oxygens (including phenoxy) is 4. The molecule has 0 spiro atoms. The molecular weight excluding hydrogens is 863 g/mol. The van der Waals surface area contributed by atoms with E-state index in [0.717, 1.165) is 0 Å². The van der Waals surface area contributed by atoms with Crippen LogP contribution in [0.2, 0.25) is 0 Å². The van der Waals surface area contributed by atoms with E-state index in [9.17, 15) is 48.6 Å². The second kappa shape index (κ2) is 29.9. The predicted molar refractivity (Wildman–Crippen MR) is 241 cm³/mol. The van der Waals surface area contributed by atoms with E-state index in [-0.39, 0.29) is 74.3 Å². The highest BCUT2D eigenvalue weighted by atomic mass is 16.5. The number of nitrogens with zero attached hydrogens (tertiary/aromatic N) is 1. The maximum Gasteiger partial charge on any atom is 0.328 e. The molecule has 0 saturated carbocycles. The lowest BCUT2D eigenvalue weighted by molar-refractivity contribution is -0.147. The Balaban J connectivity index is 2.72. The topological polar surface area (TPSA) is 299 Å². The third kappa shape index (κ3) is 19.9. The van der Waals surface area contributed by atoms with Crippen LogP contribution < -0.4 is 41.4 Å². The number of hydrogen-bond donors (Lipinski definition) is 8. The van der Waals surface area contributed by atoms with Gasteiger partial charge in [0.1, 0.15) is 36.3 Å². The lowest BCUT2D eigenvalue weighted by Gasteiger charge is -2.29. The summed E-state index contributed by atoms with van der Waals surface area (Å²) in [5.41, 5.74) is 0. The van der Waals surface area contributed by atoms with Gasteiger partial charge in [0.2, 0.25) is 47.2 Å².